The topological polar surface area (TPSA) is 47.9 Å². The molecule has 1 aliphatic carbocycles. The van der Waals surface area contributed by atoms with Gasteiger partial charge in [0.1, 0.15) is 6.61 Å². The van der Waals surface area contributed by atoms with Gasteiger partial charge in [-0.1, -0.05) is 19.0 Å². The van der Waals surface area contributed by atoms with Crippen molar-refractivity contribution in [1.29, 1.82) is 0 Å². The number of alkyl halides is 3. The standard InChI is InChI=1S/C13H18F3NO3/c1-8(2)10-9-4-3-5-12(9,20-17-10)11(18)19-7-6-13(14,15)16/h8-9H,3-7H2,1-2H3. The number of esters is 1. The molecular weight excluding hydrogens is 275 g/mol. The van der Waals surface area contributed by atoms with Gasteiger partial charge >= 0.3 is 12.1 Å². The largest absolute Gasteiger partial charge is 0.462 e. The zero-order valence-electron chi connectivity index (χ0n) is 11.5. The number of nitrogens with zero attached hydrogens (tertiary/aromatic N) is 1. The van der Waals surface area contributed by atoms with E-state index < -0.39 is 30.8 Å². The number of fused-ring (bicyclic) bond motifs is 1. The lowest BCUT2D eigenvalue weighted by molar-refractivity contribution is -0.179. The molecule has 20 heavy (non-hydrogen) atoms. The average molecular weight is 293 g/mol. The van der Waals surface area contributed by atoms with E-state index in [0.717, 1.165) is 18.6 Å². The van der Waals surface area contributed by atoms with Crippen molar-refractivity contribution in [2.24, 2.45) is 17.0 Å². The van der Waals surface area contributed by atoms with Gasteiger partial charge < -0.3 is 9.57 Å². The van der Waals surface area contributed by atoms with Gasteiger partial charge in [-0.15, -0.1) is 0 Å². The summed E-state index contributed by atoms with van der Waals surface area (Å²) >= 11 is 0. The highest BCUT2D eigenvalue weighted by Crippen LogP contribution is 2.46. The fourth-order valence-corrected chi connectivity index (χ4v) is 2.84. The molecule has 2 atom stereocenters. The minimum Gasteiger partial charge on any atom is -0.462 e. The normalized spacial score (nSPS) is 29.1. The average Bonchev–Trinajstić information content (AvgIpc) is 2.84. The minimum absolute atomic E-state index is 0.142. The third-order valence-corrected chi connectivity index (χ3v) is 3.83. The van der Waals surface area contributed by atoms with Gasteiger partial charge in [-0.05, 0) is 18.8 Å². The van der Waals surface area contributed by atoms with Crippen LogP contribution in [0, 0.1) is 11.8 Å². The maximum Gasteiger partial charge on any atom is 0.392 e. The second-order valence-corrected chi connectivity index (χ2v) is 5.60. The number of carbonyl (C=O) groups excluding carboxylic acids is 1. The molecule has 1 heterocycles. The maximum atomic E-state index is 12.1. The second kappa shape index (κ2) is 5.26. The van der Waals surface area contributed by atoms with E-state index in [9.17, 15) is 18.0 Å². The van der Waals surface area contributed by atoms with Crippen molar-refractivity contribution >= 4 is 11.7 Å². The van der Waals surface area contributed by atoms with Gasteiger partial charge in [-0.2, -0.15) is 13.2 Å². The smallest absolute Gasteiger partial charge is 0.392 e. The van der Waals surface area contributed by atoms with Gasteiger partial charge in [0.05, 0.1) is 18.1 Å². The molecule has 0 amide bonds. The fourth-order valence-electron chi connectivity index (χ4n) is 2.84. The van der Waals surface area contributed by atoms with E-state index in [1.165, 1.54) is 0 Å². The number of oxime groups is 1. The van der Waals surface area contributed by atoms with E-state index in [-0.39, 0.29) is 11.8 Å². The predicted octanol–water partition coefficient (Wildman–Crippen LogP) is 3.06. The summed E-state index contributed by atoms with van der Waals surface area (Å²) in [6, 6.07) is 0. The molecule has 0 bridgehead atoms. The summed E-state index contributed by atoms with van der Waals surface area (Å²) in [6.45, 7) is 3.23. The van der Waals surface area contributed by atoms with E-state index in [1.54, 1.807) is 0 Å². The quantitative estimate of drug-likeness (QED) is 0.748. The highest BCUT2D eigenvalue weighted by Gasteiger charge is 2.59. The second-order valence-electron chi connectivity index (χ2n) is 5.60. The highest BCUT2D eigenvalue weighted by atomic mass is 19.4. The van der Waals surface area contributed by atoms with Crippen LogP contribution in [0.4, 0.5) is 13.2 Å². The van der Waals surface area contributed by atoms with Gasteiger partial charge in [0, 0.05) is 6.42 Å². The van der Waals surface area contributed by atoms with Crippen LogP contribution in [0.5, 0.6) is 0 Å². The van der Waals surface area contributed by atoms with Crippen LogP contribution in [-0.4, -0.2) is 30.1 Å². The monoisotopic (exact) mass is 293 g/mol. The molecule has 0 saturated heterocycles. The van der Waals surface area contributed by atoms with Crippen LogP contribution in [0.1, 0.15) is 39.5 Å². The Morgan fingerprint density at radius 3 is 2.85 bits per heavy atom. The molecule has 1 aliphatic heterocycles. The SMILES string of the molecule is CC(C)C1=NOC2(C(=O)OCCC(F)(F)F)CCCC12. The third kappa shape index (κ3) is 2.76. The van der Waals surface area contributed by atoms with Gasteiger partial charge in [0.2, 0.25) is 5.60 Å². The molecule has 1 saturated carbocycles. The molecule has 0 spiro atoms. The summed E-state index contributed by atoms with van der Waals surface area (Å²) in [4.78, 5) is 17.4. The molecule has 0 aromatic heterocycles. The van der Waals surface area contributed by atoms with E-state index in [2.05, 4.69) is 5.16 Å². The van der Waals surface area contributed by atoms with Crippen LogP contribution in [-0.2, 0) is 14.4 Å². The van der Waals surface area contributed by atoms with Crippen molar-refractivity contribution < 1.29 is 27.5 Å². The Morgan fingerprint density at radius 1 is 1.55 bits per heavy atom. The van der Waals surface area contributed by atoms with E-state index in [0.29, 0.717) is 6.42 Å². The first-order valence-corrected chi connectivity index (χ1v) is 6.76. The molecule has 0 aromatic carbocycles. The lowest BCUT2D eigenvalue weighted by atomic mass is 9.83. The van der Waals surface area contributed by atoms with Crippen molar-refractivity contribution in [2.45, 2.75) is 51.3 Å². The van der Waals surface area contributed by atoms with E-state index in [1.807, 2.05) is 13.8 Å². The summed E-state index contributed by atoms with van der Waals surface area (Å²) < 4.78 is 41.0. The fraction of sp³-hybridized carbons (Fsp3) is 0.846. The molecule has 0 N–H and O–H groups in total. The summed E-state index contributed by atoms with van der Waals surface area (Å²) in [6.07, 6.45) is -3.49. The number of ether oxygens (including phenoxy) is 1. The van der Waals surface area contributed by atoms with Gasteiger partial charge in [-0.3, -0.25) is 0 Å². The van der Waals surface area contributed by atoms with Gasteiger partial charge in [0.25, 0.3) is 0 Å². The zero-order valence-corrected chi connectivity index (χ0v) is 11.5. The lowest BCUT2D eigenvalue weighted by Gasteiger charge is -2.25. The zero-order chi connectivity index (χ0) is 15.0. The Bertz CT molecular complexity index is 420. The summed E-state index contributed by atoms with van der Waals surface area (Å²) in [5.74, 6) is -0.743. The molecule has 2 aliphatic rings. The van der Waals surface area contributed by atoms with Crippen molar-refractivity contribution in [3.63, 3.8) is 0 Å². The van der Waals surface area contributed by atoms with Crippen LogP contribution in [0.3, 0.4) is 0 Å². The van der Waals surface area contributed by atoms with Crippen LogP contribution in [0.15, 0.2) is 5.16 Å². The summed E-state index contributed by atoms with van der Waals surface area (Å²) in [5.41, 5.74) is -0.388. The third-order valence-electron chi connectivity index (χ3n) is 3.83. The first kappa shape index (κ1) is 15.1. The Hall–Kier alpha value is -1.27. The van der Waals surface area contributed by atoms with Gasteiger partial charge in [0.15, 0.2) is 0 Å². The molecule has 2 rings (SSSR count). The van der Waals surface area contributed by atoms with Crippen molar-refractivity contribution in [3.8, 4) is 0 Å². The number of rotatable bonds is 4. The van der Waals surface area contributed by atoms with Crippen LogP contribution < -0.4 is 0 Å². The number of carbonyl (C=O) groups is 1. The molecule has 0 radical (unpaired) electrons. The van der Waals surface area contributed by atoms with E-state index in [4.69, 9.17) is 9.57 Å². The van der Waals surface area contributed by atoms with Crippen molar-refractivity contribution in [2.75, 3.05) is 6.61 Å². The van der Waals surface area contributed by atoms with E-state index >= 15 is 0 Å². The molecule has 7 heteroatoms. The number of halogens is 3. The Kier molecular flexibility index (Phi) is 3.97. The van der Waals surface area contributed by atoms with Crippen LogP contribution >= 0.6 is 0 Å². The predicted molar refractivity (Wildman–Crippen MR) is 65.1 cm³/mol. The van der Waals surface area contributed by atoms with Crippen LogP contribution in [0.25, 0.3) is 0 Å². The molecule has 2 unspecified atom stereocenters. The molecule has 4 nitrogen and oxygen atoms in total. The number of hydrogen-bond donors (Lipinski definition) is 0. The molecular formula is C13H18F3NO3. The first-order valence-electron chi connectivity index (χ1n) is 6.76. The highest BCUT2D eigenvalue weighted by molar-refractivity contribution is 5.97. The summed E-state index contributed by atoms with van der Waals surface area (Å²) in [5, 5.41) is 3.96. The van der Waals surface area contributed by atoms with Crippen molar-refractivity contribution in [1.82, 2.24) is 0 Å². The van der Waals surface area contributed by atoms with Crippen molar-refractivity contribution in [3.05, 3.63) is 0 Å². The number of hydrogen-bond acceptors (Lipinski definition) is 4. The Labute approximate surface area is 115 Å². The van der Waals surface area contributed by atoms with Gasteiger partial charge in [-0.25, -0.2) is 4.79 Å². The molecule has 1 fully saturated rings. The minimum atomic E-state index is -4.33. The maximum absolute atomic E-state index is 12.1. The summed E-state index contributed by atoms with van der Waals surface area (Å²) in [7, 11) is 0. The Morgan fingerprint density at radius 2 is 2.25 bits per heavy atom. The Balaban J connectivity index is 1.99. The molecule has 0 aromatic rings. The first-order chi connectivity index (χ1) is 9.26. The lowest BCUT2D eigenvalue weighted by Crippen LogP contribution is -2.45. The van der Waals surface area contributed by atoms with Crippen LogP contribution in [0.2, 0.25) is 0 Å². The molecule has 114 valence electrons.